The summed E-state index contributed by atoms with van der Waals surface area (Å²) >= 11 is 0. The van der Waals surface area contributed by atoms with Crippen molar-refractivity contribution in [2.75, 3.05) is 0 Å². The fourth-order valence-corrected chi connectivity index (χ4v) is 1.20. The number of aliphatic imine (C=N–C) groups is 2. The van der Waals surface area contributed by atoms with E-state index in [9.17, 15) is 0 Å². The molecule has 0 aromatic carbocycles. The quantitative estimate of drug-likeness (QED) is 0.470. The molecule has 0 fully saturated rings. The predicted molar refractivity (Wildman–Crippen MR) is 62.8 cm³/mol. The van der Waals surface area contributed by atoms with E-state index in [2.05, 4.69) is 48.1 Å². The molecule has 0 aliphatic heterocycles. The predicted octanol–water partition coefficient (Wildman–Crippen LogP) is 3.14. The van der Waals surface area contributed by atoms with Crippen LogP contribution in [0.1, 0.15) is 20.8 Å². The molecule has 0 heterocycles. The van der Waals surface area contributed by atoms with Gasteiger partial charge in [-0.25, -0.2) is 9.98 Å². The lowest BCUT2D eigenvalue weighted by molar-refractivity contribution is 0.928. The van der Waals surface area contributed by atoms with E-state index in [1.165, 1.54) is 5.57 Å². The van der Waals surface area contributed by atoms with Gasteiger partial charge in [0.15, 0.2) is 0 Å². The van der Waals surface area contributed by atoms with Crippen LogP contribution in [0.5, 0.6) is 0 Å². The summed E-state index contributed by atoms with van der Waals surface area (Å²) in [5.74, 6) is 0.432. The fraction of sp³-hybridized carbons (Fsp3) is 0.333. The van der Waals surface area contributed by atoms with Gasteiger partial charge in [0.1, 0.15) is 6.34 Å². The molecule has 1 rings (SSSR count). The van der Waals surface area contributed by atoms with Crippen molar-refractivity contribution in [1.29, 1.82) is 0 Å². The Labute approximate surface area is 85.5 Å². The van der Waals surface area contributed by atoms with Gasteiger partial charge in [0.25, 0.3) is 0 Å². The molecule has 0 saturated heterocycles. The average molecular weight is 188 g/mol. The molecule has 1 atom stereocenters. The van der Waals surface area contributed by atoms with Crippen molar-refractivity contribution in [3.05, 3.63) is 35.6 Å². The van der Waals surface area contributed by atoms with Crippen molar-refractivity contribution in [2.24, 2.45) is 15.9 Å². The van der Waals surface area contributed by atoms with Crippen LogP contribution >= 0.6 is 0 Å². The normalized spacial score (nSPS) is 22.6. The van der Waals surface area contributed by atoms with Crippen molar-refractivity contribution in [3.8, 4) is 0 Å². The number of allylic oxidation sites excluding steroid dienone is 5. The van der Waals surface area contributed by atoms with Crippen LogP contribution in [0.3, 0.4) is 0 Å². The molecule has 0 saturated carbocycles. The zero-order chi connectivity index (χ0) is 10.4. The third-order valence-corrected chi connectivity index (χ3v) is 2.00. The van der Waals surface area contributed by atoms with Gasteiger partial charge in [0.2, 0.25) is 0 Å². The zero-order valence-corrected chi connectivity index (χ0v) is 8.94. The Morgan fingerprint density at radius 1 is 1.43 bits per heavy atom. The highest BCUT2D eigenvalue weighted by Crippen LogP contribution is 2.17. The van der Waals surface area contributed by atoms with E-state index in [1.807, 2.05) is 6.92 Å². The van der Waals surface area contributed by atoms with Gasteiger partial charge in [0, 0.05) is 6.21 Å². The minimum absolute atomic E-state index is 0.432. The molecule has 14 heavy (non-hydrogen) atoms. The third kappa shape index (κ3) is 3.13. The maximum atomic E-state index is 4.29. The first kappa shape index (κ1) is 10.6. The van der Waals surface area contributed by atoms with Crippen LogP contribution in [-0.2, 0) is 0 Å². The molecule has 2 heteroatoms. The number of hydrogen-bond acceptors (Lipinski definition) is 1. The van der Waals surface area contributed by atoms with Gasteiger partial charge in [-0.3, -0.25) is 0 Å². The lowest BCUT2D eigenvalue weighted by Crippen LogP contribution is -1.86. The van der Waals surface area contributed by atoms with E-state index in [0.29, 0.717) is 5.92 Å². The van der Waals surface area contributed by atoms with E-state index >= 15 is 0 Å². The first-order valence-electron chi connectivity index (χ1n) is 4.81. The van der Waals surface area contributed by atoms with Crippen LogP contribution in [-0.4, -0.2) is 12.6 Å². The summed E-state index contributed by atoms with van der Waals surface area (Å²) in [6.45, 7) is 6.07. The smallest absolute Gasteiger partial charge is 0.115 e. The second-order valence-electron chi connectivity index (χ2n) is 3.30. The summed E-state index contributed by atoms with van der Waals surface area (Å²) in [5.41, 5.74) is 2.18. The van der Waals surface area contributed by atoms with Crippen molar-refractivity contribution in [3.63, 3.8) is 0 Å². The number of nitrogens with zero attached hydrogens (tertiary/aromatic N) is 2. The average Bonchev–Trinajstić information content (AvgIpc) is 2.30. The monoisotopic (exact) mass is 188 g/mol. The largest absolute Gasteiger partial charge is 0.250 e. The second kappa shape index (κ2) is 5.32. The van der Waals surface area contributed by atoms with E-state index < -0.39 is 0 Å². The summed E-state index contributed by atoms with van der Waals surface area (Å²) in [7, 11) is 0. The maximum absolute atomic E-state index is 4.29. The highest BCUT2D eigenvalue weighted by atomic mass is 14.9. The van der Waals surface area contributed by atoms with Gasteiger partial charge in [-0.15, -0.1) is 0 Å². The van der Waals surface area contributed by atoms with E-state index in [1.54, 1.807) is 12.6 Å². The van der Waals surface area contributed by atoms with Crippen molar-refractivity contribution in [1.82, 2.24) is 0 Å². The van der Waals surface area contributed by atoms with Crippen LogP contribution < -0.4 is 0 Å². The van der Waals surface area contributed by atoms with Crippen molar-refractivity contribution < 1.29 is 0 Å². The molecule has 1 aliphatic carbocycles. The SMILES string of the molecule is CC=NC=NC1=CC(C)C=CC=C1C. The Balaban J connectivity index is 2.85. The summed E-state index contributed by atoms with van der Waals surface area (Å²) < 4.78 is 0. The summed E-state index contributed by atoms with van der Waals surface area (Å²) in [4.78, 5) is 8.25. The van der Waals surface area contributed by atoms with Gasteiger partial charge in [0.05, 0.1) is 5.70 Å². The Morgan fingerprint density at radius 3 is 2.93 bits per heavy atom. The van der Waals surface area contributed by atoms with E-state index in [0.717, 1.165) is 5.70 Å². The molecule has 0 spiro atoms. The lowest BCUT2D eigenvalue weighted by Gasteiger charge is -2.00. The molecule has 0 aromatic rings. The second-order valence-corrected chi connectivity index (χ2v) is 3.30. The Kier molecular flexibility index (Phi) is 4.05. The number of hydrogen-bond donors (Lipinski definition) is 0. The Bertz CT molecular complexity index is 330. The van der Waals surface area contributed by atoms with E-state index in [-0.39, 0.29) is 0 Å². The molecule has 0 bridgehead atoms. The topological polar surface area (TPSA) is 24.7 Å². The first-order valence-corrected chi connectivity index (χ1v) is 4.81. The Hall–Kier alpha value is -1.44. The Morgan fingerprint density at radius 2 is 2.21 bits per heavy atom. The van der Waals surface area contributed by atoms with Gasteiger partial charge >= 0.3 is 0 Å². The minimum Gasteiger partial charge on any atom is -0.250 e. The molecule has 0 radical (unpaired) electrons. The van der Waals surface area contributed by atoms with E-state index in [4.69, 9.17) is 0 Å². The highest BCUT2D eigenvalue weighted by molar-refractivity contribution is 5.71. The minimum atomic E-state index is 0.432. The molecule has 0 aromatic heterocycles. The van der Waals surface area contributed by atoms with Crippen LogP contribution in [0.25, 0.3) is 0 Å². The molecular weight excluding hydrogens is 172 g/mol. The molecule has 1 aliphatic rings. The molecule has 0 amide bonds. The number of rotatable bonds is 2. The molecular formula is C12H16N2. The van der Waals surface area contributed by atoms with Crippen molar-refractivity contribution >= 4 is 12.6 Å². The standard InChI is InChI=1S/C12H16N2/c1-4-13-9-14-12-8-10(2)6-5-7-11(12)3/h4-10H,1-3H3. The summed E-state index contributed by atoms with van der Waals surface area (Å²) in [6, 6.07) is 0. The van der Waals surface area contributed by atoms with Crippen LogP contribution in [0, 0.1) is 5.92 Å². The molecule has 0 N–H and O–H groups in total. The lowest BCUT2D eigenvalue weighted by atomic mass is 10.1. The van der Waals surface area contributed by atoms with Crippen LogP contribution in [0.2, 0.25) is 0 Å². The van der Waals surface area contributed by atoms with Crippen molar-refractivity contribution in [2.45, 2.75) is 20.8 Å². The fourth-order valence-electron chi connectivity index (χ4n) is 1.20. The van der Waals surface area contributed by atoms with Crippen LogP contribution in [0.4, 0.5) is 0 Å². The summed E-state index contributed by atoms with van der Waals surface area (Å²) in [6.07, 6.45) is 11.7. The third-order valence-electron chi connectivity index (χ3n) is 2.00. The molecule has 2 nitrogen and oxygen atoms in total. The van der Waals surface area contributed by atoms with Gasteiger partial charge in [-0.1, -0.05) is 31.2 Å². The van der Waals surface area contributed by atoms with Gasteiger partial charge in [-0.2, -0.15) is 0 Å². The van der Waals surface area contributed by atoms with Gasteiger partial charge < -0.3 is 0 Å². The maximum Gasteiger partial charge on any atom is 0.115 e. The molecule has 74 valence electrons. The van der Waals surface area contributed by atoms with Gasteiger partial charge in [-0.05, 0) is 25.3 Å². The highest BCUT2D eigenvalue weighted by Gasteiger charge is 2.02. The summed E-state index contributed by atoms with van der Waals surface area (Å²) in [5, 5.41) is 0. The van der Waals surface area contributed by atoms with Crippen LogP contribution in [0.15, 0.2) is 45.6 Å². The first-order chi connectivity index (χ1) is 6.74. The molecule has 1 unspecified atom stereocenters. The zero-order valence-electron chi connectivity index (χ0n) is 8.94.